The number of hydrogen-bond donors (Lipinski definition) is 2. The number of ether oxygens (including phenoxy) is 2. The first-order valence-electron chi connectivity index (χ1n) is 9.09. The van der Waals surface area contributed by atoms with E-state index in [0.29, 0.717) is 35.8 Å². The highest BCUT2D eigenvalue weighted by atomic mass is 16.5. The van der Waals surface area contributed by atoms with E-state index in [1.165, 1.54) is 0 Å². The summed E-state index contributed by atoms with van der Waals surface area (Å²) < 4.78 is 17.1. The van der Waals surface area contributed by atoms with Crippen LogP contribution in [0.5, 0.6) is 11.5 Å². The topological polar surface area (TPSA) is 85.2 Å². The molecule has 0 radical (unpaired) electrons. The molecule has 2 heterocycles. The number of oxazole rings is 1. The van der Waals surface area contributed by atoms with Gasteiger partial charge in [0, 0.05) is 16.6 Å². The van der Waals surface area contributed by atoms with Crippen LogP contribution >= 0.6 is 0 Å². The van der Waals surface area contributed by atoms with Crippen LogP contribution in [0.25, 0.3) is 22.2 Å². The molecule has 4 aromatic rings. The third-order valence-electron chi connectivity index (χ3n) is 4.22. The monoisotopic (exact) mass is 378 g/mol. The van der Waals surface area contributed by atoms with Gasteiger partial charge in [0.15, 0.2) is 17.3 Å². The van der Waals surface area contributed by atoms with E-state index in [4.69, 9.17) is 13.9 Å². The van der Waals surface area contributed by atoms with E-state index in [1.54, 1.807) is 19.5 Å². The molecule has 4 rings (SSSR count). The average Bonchev–Trinajstić information content (AvgIpc) is 3.35. The molecule has 0 bridgehead atoms. The average molecular weight is 378 g/mol. The largest absolute Gasteiger partial charge is 0.493 e. The molecule has 2 N–H and O–H groups in total. The highest BCUT2D eigenvalue weighted by Crippen LogP contribution is 2.34. The summed E-state index contributed by atoms with van der Waals surface area (Å²) in [5, 5.41) is 11.1. The molecule has 0 amide bonds. The van der Waals surface area contributed by atoms with Gasteiger partial charge < -0.3 is 19.2 Å². The normalized spacial score (nSPS) is 11.1. The molecule has 7 heteroatoms. The maximum atomic E-state index is 5.86. The molecule has 0 saturated heterocycles. The quantitative estimate of drug-likeness (QED) is 0.470. The predicted molar refractivity (Wildman–Crippen MR) is 108 cm³/mol. The zero-order valence-electron chi connectivity index (χ0n) is 16.0. The number of methoxy groups -OCH3 is 1. The molecule has 28 heavy (non-hydrogen) atoms. The Balaban J connectivity index is 1.53. The Kier molecular flexibility index (Phi) is 4.89. The summed E-state index contributed by atoms with van der Waals surface area (Å²) in [5.41, 5.74) is 2.71. The summed E-state index contributed by atoms with van der Waals surface area (Å²) in [6.07, 6.45) is 3.46. The van der Waals surface area contributed by atoms with Crippen molar-refractivity contribution < 1.29 is 13.9 Å². The van der Waals surface area contributed by atoms with Gasteiger partial charge in [0.25, 0.3) is 6.01 Å². The van der Waals surface area contributed by atoms with Crippen LogP contribution in [0.3, 0.4) is 0 Å². The fourth-order valence-corrected chi connectivity index (χ4v) is 2.81. The van der Waals surface area contributed by atoms with Gasteiger partial charge in [-0.3, -0.25) is 5.10 Å². The Morgan fingerprint density at radius 2 is 2.00 bits per heavy atom. The molecule has 0 atom stereocenters. The maximum absolute atomic E-state index is 5.86. The summed E-state index contributed by atoms with van der Waals surface area (Å²) >= 11 is 0. The minimum Gasteiger partial charge on any atom is -0.493 e. The zero-order chi connectivity index (χ0) is 19.5. The van der Waals surface area contributed by atoms with Gasteiger partial charge in [-0.15, -0.1) is 0 Å². The third kappa shape index (κ3) is 3.78. The first-order chi connectivity index (χ1) is 13.6. The SMILES string of the molecule is COc1cc(-c2cnc(Nc3ccc4[nH]ncc4c3)o2)ccc1OCC(C)C. The Hall–Kier alpha value is -3.48. The van der Waals surface area contributed by atoms with Crippen LogP contribution in [0, 0.1) is 5.92 Å². The van der Waals surface area contributed by atoms with Gasteiger partial charge in [0.05, 0.1) is 31.6 Å². The molecule has 2 aromatic carbocycles. The van der Waals surface area contributed by atoms with Gasteiger partial charge in [-0.2, -0.15) is 5.10 Å². The Labute approximate surface area is 162 Å². The lowest BCUT2D eigenvalue weighted by Crippen LogP contribution is -2.05. The molecule has 0 saturated carbocycles. The van der Waals surface area contributed by atoms with Crippen LogP contribution in [0.4, 0.5) is 11.7 Å². The number of aromatic amines is 1. The summed E-state index contributed by atoms with van der Waals surface area (Å²) in [6, 6.07) is 12.0. The van der Waals surface area contributed by atoms with E-state index in [0.717, 1.165) is 22.2 Å². The van der Waals surface area contributed by atoms with Crippen molar-refractivity contribution in [3.8, 4) is 22.8 Å². The molecule has 0 aliphatic carbocycles. The lowest BCUT2D eigenvalue weighted by molar-refractivity contribution is 0.257. The number of H-pyrrole nitrogens is 1. The Bertz CT molecular complexity index is 1080. The first-order valence-corrected chi connectivity index (χ1v) is 9.09. The highest BCUT2D eigenvalue weighted by Gasteiger charge is 2.12. The molecular weight excluding hydrogens is 356 g/mol. The fourth-order valence-electron chi connectivity index (χ4n) is 2.81. The molecule has 0 unspecified atom stereocenters. The van der Waals surface area contributed by atoms with E-state index < -0.39 is 0 Å². The van der Waals surface area contributed by atoms with Gasteiger partial charge in [-0.1, -0.05) is 13.8 Å². The van der Waals surface area contributed by atoms with Crippen LogP contribution < -0.4 is 14.8 Å². The van der Waals surface area contributed by atoms with Crippen molar-refractivity contribution in [2.75, 3.05) is 19.0 Å². The summed E-state index contributed by atoms with van der Waals surface area (Å²) in [6.45, 7) is 4.84. The lowest BCUT2D eigenvalue weighted by Gasteiger charge is -2.13. The number of anilines is 2. The van der Waals surface area contributed by atoms with E-state index in [-0.39, 0.29) is 0 Å². The number of hydrogen-bond acceptors (Lipinski definition) is 6. The van der Waals surface area contributed by atoms with E-state index in [9.17, 15) is 0 Å². The number of nitrogens with one attached hydrogen (secondary N) is 2. The molecule has 0 aliphatic rings. The van der Waals surface area contributed by atoms with Crippen molar-refractivity contribution in [1.29, 1.82) is 0 Å². The molecule has 7 nitrogen and oxygen atoms in total. The van der Waals surface area contributed by atoms with E-state index in [2.05, 4.69) is 34.3 Å². The summed E-state index contributed by atoms with van der Waals surface area (Å²) in [5.74, 6) is 2.45. The Morgan fingerprint density at radius 3 is 2.82 bits per heavy atom. The number of rotatable bonds is 7. The second-order valence-electron chi connectivity index (χ2n) is 6.90. The number of nitrogens with zero attached hydrogens (tertiary/aromatic N) is 2. The van der Waals surface area contributed by atoms with Crippen LogP contribution in [0.2, 0.25) is 0 Å². The molecule has 0 fully saturated rings. The molecule has 0 spiro atoms. The highest BCUT2D eigenvalue weighted by molar-refractivity contribution is 5.82. The summed E-state index contributed by atoms with van der Waals surface area (Å²) in [4.78, 5) is 4.32. The van der Waals surface area contributed by atoms with Crippen molar-refractivity contribution in [3.05, 3.63) is 48.8 Å². The standard InChI is InChI=1S/C21H22N4O3/c1-13(2)12-27-18-7-4-14(9-19(18)26-3)20-11-22-21(28-20)24-16-5-6-17-15(8-16)10-23-25-17/h4-11,13H,12H2,1-3H3,(H,22,24)(H,23,25). The van der Waals surface area contributed by atoms with Crippen molar-refractivity contribution in [2.24, 2.45) is 5.92 Å². The third-order valence-corrected chi connectivity index (χ3v) is 4.22. The van der Waals surface area contributed by atoms with Crippen molar-refractivity contribution in [2.45, 2.75) is 13.8 Å². The van der Waals surface area contributed by atoms with Crippen molar-refractivity contribution in [1.82, 2.24) is 15.2 Å². The minimum absolute atomic E-state index is 0.414. The smallest absolute Gasteiger partial charge is 0.299 e. The molecular formula is C21H22N4O3. The second-order valence-corrected chi connectivity index (χ2v) is 6.90. The first kappa shape index (κ1) is 17.9. The van der Waals surface area contributed by atoms with Crippen LogP contribution in [-0.4, -0.2) is 28.9 Å². The molecule has 0 aliphatic heterocycles. The fraction of sp³-hybridized carbons (Fsp3) is 0.238. The van der Waals surface area contributed by atoms with Gasteiger partial charge in [0.1, 0.15) is 0 Å². The number of fused-ring (bicyclic) bond motifs is 1. The maximum Gasteiger partial charge on any atom is 0.299 e. The van der Waals surface area contributed by atoms with E-state index >= 15 is 0 Å². The van der Waals surface area contributed by atoms with E-state index in [1.807, 2.05) is 36.4 Å². The minimum atomic E-state index is 0.414. The van der Waals surface area contributed by atoms with Crippen molar-refractivity contribution in [3.63, 3.8) is 0 Å². The van der Waals surface area contributed by atoms with Crippen LogP contribution in [0.15, 0.2) is 53.2 Å². The van der Waals surface area contributed by atoms with Gasteiger partial charge in [-0.05, 0) is 42.3 Å². The van der Waals surface area contributed by atoms with Crippen LogP contribution in [0.1, 0.15) is 13.8 Å². The van der Waals surface area contributed by atoms with Gasteiger partial charge >= 0.3 is 0 Å². The van der Waals surface area contributed by atoms with Gasteiger partial charge in [-0.25, -0.2) is 4.98 Å². The summed E-state index contributed by atoms with van der Waals surface area (Å²) in [7, 11) is 1.63. The number of benzene rings is 2. The zero-order valence-corrected chi connectivity index (χ0v) is 16.0. The van der Waals surface area contributed by atoms with Crippen LogP contribution in [-0.2, 0) is 0 Å². The number of aromatic nitrogens is 3. The Morgan fingerprint density at radius 1 is 1.11 bits per heavy atom. The lowest BCUT2D eigenvalue weighted by atomic mass is 10.1. The van der Waals surface area contributed by atoms with Gasteiger partial charge in [0.2, 0.25) is 0 Å². The molecule has 144 valence electrons. The predicted octanol–water partition coefficient (Wildman–Crippen LogP) is 5.00. The second kappa shape index (κ2) is 7.64. The van der Waals surface area contributed by atoms with Crippen molar-refractivity contribution >= 4 is 22.6 Å². The molecule has 2 aromatic heterocycles.